The third-order valence-electron chi connectivity index (χ3n) is 4.70. The van der Waals surface area contributed by atoms with E-state index >= 15 is 0 Å². The summed E-state index contributed by atoms with van der Waals surface area (Å²) in [5.74, 6) is -0.475. The minimum Gasteiger partial charge on any atom is -0.352 e. The molecular weight excluding hydrogens is 414 g/mol. The first-order valence-corrected chi connectivity index (χ1v) is 11.0. The van der Waals surface area contributed by atoms with Gasteiger partial charge in [0.05, 0.1) is 0 Å². The van der Waals surface area contributed by atoms with E-state index < -0.39 is 5.25 Å². The van der Waals surface area contributed by atoms with E-state index in [4.69, 9.17) is 0 Å². The molecule has 8 nitrogen and oxygen atoms in total. The highest BCUT2D eigenvalue weighted by molar-refractivity contribution is 8.15. The maximum atomic E-state index is 12.5. The van der Waals surface area contributed by atoms with E-state index in [-0.39, 0.29) is 24.1 Å². The van der Waals surface area contributed by atoms with E-state index in [0.717, 1.165) is 18.7 Å². The zero-order chi connectivity index (χ0) is 22.4. The molecular formula is C22H25N5O3S. The lowest BCUT2D eigenvalue weighted by Gasteiger charge is -2.19. The van der Waals surface area contributed by atoms with Crippen molar-refractivity contribution in [1.82, 2.24) is 9.88 Å². The van der Waals surface area contributed by atoms with Crippen LogP contribution in [0.2, 0.25) is 0 Å². The molecule has 2 N–H and O–H groups in total. The lowest BCUT2D eigenvalue weighted by molar-refractivity contribution is -0.121. The fourth-order valence-electron chi connectivity index (χ4n) is 2.99. The fourth-order valence-corrected chi connectivity index (χ4v) is 4.18. The average molecular weight is 440 g/mol. The minimum atomic E-state index is -0.533. The van der Waals surface area contributed by atoms with E-state index in [2.05, 4.69) is 20.6 Å². The second-order valence-electron chi connectivity index (χ2n) is 7.02. The first-order chi connectivity index (χ1) is 14.9. The van der Waals surface area contributed by atoms with Crippen molar-refractivity contribution in [3.63, 3.8) is 0 Å². The van der Waals surface area contributed by atoms with Gasteiger partial charge in [0.1, 0.15) is 11.1 Å². The first-order valence-electron chi connectivity index (χ1n) is 10.1. The molecule has 0 saturated carbocycles. The van der Waals surface area contributed by atoms with E-state index in [9.17, 15) is 14.4 Å². The number of pyridine rings is 1. The van der Waals surface area contributed by atoms with Crippen LogP contribution in [0.25, 0.3) is 0 Å². The van der Waals surface area contributed by atoms with Crippen LogP contribution in [-0.4, -0.2) is 51.1 Å². The molecule has 0 unspecified atom stereocenters. The van der Waals surface area contributed by atoms with Crippen LogP contribution in [0.1, 0.15) is 36.2 Å². The molecule has 162 valence electrons. The van der Waals surface area contributed by atoms with Crippen molar-refractivity contribution in [2.45, 2.75) is 32.4 Å². The molecule has 31 heavy (non-hydrogen) atoms. The highest BCUT2D eigenvalue weighted by Gasteiger charge is 2.32. The fraction of sp³-hybridized carbons (Fsp3) is 0.318. The van der Waals surface area contributed by atoms with Crippen LogP contribution < -0.4 is 10.6 Å². The molecule has 1 aromatic carbocycles. The molecule has 0 spiro atoms. The highest BCUT2D eigenvalue weighted by atomic mass is 32.2. The van der Waals surface area contributed by atoms with Gasteiger partial charge in [-0.25, -0.2) is 4.98 Å². The van der Waals surface area contributed by atoms with Crippen LogP contribution in [0.15, 0.2) is 47.6 Å². The number of carbonyl (C=O) groups is 3. The summed E-state index contributed by atoms with van der Waals surface area (Å²) < 4.78 is 0. The van der Waals surface area contributed by atoms with E-state index in [0.29, 0.717) is 22.2 Å². The van der Waals surface area contributed by atoms with Crippen molar-refractivity contribution in [3.8, 4) is 0 Å². The topological polar surface area (TPSA) is 104 Å². The standard InChI is InChI=1S/C22H25N5O3S/c1-4-27(5-2)22-26-21(30)17(31-22)12-19(28)24-16-8-6-7-15(11-16)20(29)25-18-10-9-14(3)13-23-18/h6-11,13,17H,4-5,12H2,1-3H3,(H,24,28)(H,23,25,29)/t17-/m0/s1. The number of thioether (sulfide) groups is 1. The zero-order valence-corrected chi connectivity index (χ0v) is 18.5. The van der Waals surface area contributed by atoms with Gasteiger partial charge in [0.2, 0.25) is 5.91 Å². The Hall–Kier alpha value is -3.20. The summed E-state index contributed by atoms with van der Waals surface area (Å²) in [7, 11) is 0. The Bertz CT molecular complexity index is 1000. The predicted octanol–water partition coefficient (Wildman–Crippen LogP) is 3.31. The number of nitrogens with one attached hydrogen (secondary N) is 2. The minimum absolute atomic E-state index is 0.0154. The molecule has 0 radical (unpaired) electrons. The molecule has 3 amide bonds. The number of anilines is 2. The summed E-state index contributed by atoms with van der Waals surface area (Å²) in [6.07, 6.45) is 1.69. The number of rotatable bonds is 7. The molecule has 0 aliphatic carbocycles. The summed E-state index contributed by atoms with van der Waals surface area (Å²) >= 11 is 1.32. The first kappa shape index (κ1) is 22.5. The third-order valence-corrected chi connectivity index (χ3v) is 5.91. The number of amidine groups is 1. The molecule has 0 saturated heterocycles. The monoisotopic (exact) mass is 439 g/mol. The Labute approximate surface area is 185 Å². The van der Waals surface area contributed by atoms with Crippen LogP contribution in [0.3, 0.4) is 0 Å². The maximum absolute atomic E-state index is 12.5. The van der Waals surface area contributed by atoms with Crippen molar-refractivity contribution in [1.29, 1.82) is 0 Å². The molecule has 1 atom stereocenters. The van der Waals surface area contributed by atoms with Crippen LogP contribution in [0.4, 0.5) is 11.5 Å². The number of hydrogen-bond donors (Lipinski definition) is 2. The molecule has 9 heteroatoms. The van der Waals surface area contributed by atoms with Gasteiger partial charge in [-0.05, 0) is 50.6 Å². The Kier molecular flexibility index (Phi) is 7.41. The summed E-state index contributed by atoms with van der Waals surface area (Å²) in [6.45, 7) is 7.41. The number of aliphatic imine (C=N–C) groups is 1. The van der Waals surface area contributed by atoms with Crippen LogP contribution >= 0.6 is 11.8 Å². The second-order valence-corrected chi connectivity index (χ2v) is 8.19. The number of amides is 3. The average Bonchev–Trinajstić information content (AvgIpc) is 3.10. The Balaban J connectivity index is 1.58. The number of aromatic nitrogens is 1. The van der Waals surface area contributed by atoms with Gasteiger partial charge in [0.15, 0.2) is 5.17 Å². The van der Waals surface area contributed by atoms with Gasteiger partial charge in [-0.3, -0.25) is 14.4 Å². The number of nitrogens with zero attached hydrogens (tertiary/aromatic N) is 3. The second kappa shape index (κ2) is 10.2. The van der Waals surface area contributed by atoms with Gasteiger partial charge >= 0.3 is 0 Å². The Morgan fingerprint density at radius 3 is 2.58 bits per heavy atom. The van der Waals surface area contributed by atoms with E-state index in [1.807, 2.05) is 31.7 Å². The summed E-state index contributed by atoms with van der Waals surface area (Å²) in [5.41, 5.74) is 1.87. The lowest BCUT2D eigenvalue weighted by Crippen LogP contribution is -2.27. The molecule has 0 bridgehead atoms. The van der Waals surface area contributed by atoms with Gasteiger partial charge in [-0.2, -0.15) is 4.99 Å². The molecule has 1 aromatic heterocycles. The number of carbonyl (C=O) groups excluding carboxylic acids is 3. The van der Waals surface area contributed by atoms with Crippen LogP contribution in [0, 0.1) is 6.92 Å². The molecule has 1 aliphatic heterocycles. The van der Waals surface area contributed by atoms with Gasteiger partial charge in [-0.1, -0.05) is 23.9 Å². The molecule has 3 rings (SSSR count). The van der Waals surface area contributed by atoms with Crippen molar-refractivity contribution >= 4 is 46.2 Å². The zero-order valence-electron chi connectivity index (χ0n) is 17.7. The normalized spacial score (nSPS) is 15.4. The van der Waals surface area contributed by atoms with Crippen LogP contribution in [0.5, 0.6) is 0 Å². The number of hydrogen-bond acceptors (Lipinski definition) is 6. The Morgan fingerprint density at radius 1 is 1.13 bits per heavy atom. The molecule has 0 fully saturated rings. The van der Waals surface area contributed by atoms with Crippen molar-refractivity contribution < 1.29 is 14.4 Å². The highest BCUT2D eigenvalue weighted by Crippen LogP contribution is 2.27. The van der Waals surface area contributed by atoms with Crippen molar-refractivity contribution in [3.05, 3.63) is 53.7 Å². The number of benzene rings is 1. The van der Waals surface area contributed by atoms with Crippen molar-refractivity contribution in [2.75, 3.05) is 23.7 Å². The molecule has 2 aromatic rings. The maximum Gasteiger partial charge on any atom is 0.262 e. The third kappa shape index (κ3) is 5.91. The molecule has 1 aliphatic rings. The van der Waals surface area contributed by atoms with Gasteiger partial charge in [0, 0.05) is 37.0 Å². The van der Waals surface area contributed by atoms with Gasteiger partial charge in [0.25, 0.3) is 11.8 Å². The van der Waals surface area contributed by atoms with Crippen LogP contribution in [-0.2, 0) is 9.59 Å². The largest absolute Gasteiger partial charge is 0.352 e. The smallest absolute Gasteiger partial charge is 0.262 e. The summed E-state index contributed by atoms with van der Waals surface area (Å²) in [5, 5.41) is 5.62. The van der Waals surface area contributed by atoms with Gasteiger partial charge in [-0.15, -0.1) is 0 Å². The SMILES string of the molecule is CCN(CC)C1=NC(=O)[C@H](CC(=O)Nc2cccc(C(=O)Nc3ccc(C)cn3)c2)S1. The van der Waals surface area contributed by atoms with E-state index in [1.54, 1.807) is 36.5 Å². The Morgan fingerprint density at radius 2 is 1.90 bits per heavy atom. The van der Waals surface area contributed by atoms with Gasteiger partial charge < -0.3 is 15.5 Å². The number of aryl methyl sites for hydroxylation is 1. The van der Waals surface area contributed by atoms with Crippen molar-refractivity contribution in [2.24, 2.45) is 4.99 Å². The quantitative estimate of drug-likeness (QED) is 0.686. The lowest BCUT2D eigenvalue weighted by atomic mass is 10.1. The summed E-state index contributed by atoms with van der Waals surface area (Å²) in [4.78, 5) is 47.4. The summed E-state index contributed by atoms with van der Waals surface area (Å²) in [6, 6.07) is 10.2. The molecule has 2 heterocycles. The van der Waals surface area contributed by atoms with E-state index in [1.165, 1.54) is 11.8 Å². The predicted molar refractivity (Wildman–Crippen MR) is 123 cm³/mol.